The summed E-state index contributed by atoms with van der Waals surface area (Å²) in [7, 11) is 1.59. The molecule has 0 amide bonds. The Labute approximate surface area is 249 Å². The van der Waals surface area contributed by atoms with E-state index in [2.05, 4.69) is 25.4 Å². The van der Waals surface area contributed by atoms with Crippen LogP contribution in [0, 0.1) is 5.82 Å². The van der Waals surface area contributed by atoms with Gasteiger partial charge in [0.25, 0.3) is 0 Å². The summed E-state index contributed by atoms with van der Waals surface area (Å²) in [6.45, 7) is 4.94. The lowest BCUT2D eigenvalue weighted by molar-refractivity contribution is 0.0357. The Kier molecular flexibility index (Phi) is 8.86. The molecule has 0 atom stereocenters. The predicted octanol–water partition coefficient (Wildman–Crippen LogP) is 6.48. The highest BCUT2D eigenvalue weighted by atomic mass is 19.1. The maximum atomic E-state index is 15.2. The normalized spacial score (nSPS) is 13.5. The summed E-state index contributed by atoms with van der Waals surface area (Å²) >= 11 is 0. The molecule has 10 heteroatoms. The first kappa shape index (κ1) is 28.3. The number of pyridine rings is 1. The molecule has 0 saturated carbocycles. The lowest BCUT2D eigenvalue weighted by Crippen LogP contribution is -2.37. The predicted molar refractivity (Wildman–Crippen MR) is 163 cm³/mol. The van der Waals surface area contributed by atoms with E-state index in [0.29, 0.717) is 51.8 Å². The molecule has 6 rings (SSSR count). The standard InChI is InChI=1S/C33H32FN5O4/c1-40-31-21-25-28(22-32(31)42-17-5-14-39-15-18-41-19-16-39)35-13-12-29(25)43-30-10-8-23(20-26(30)34)27-9-11-33(38-37-27)36-24-6-3-2-4-7-24/h2-4,6-13,20-22H,5,14-19H2,1H3,(H,36,38). The minimum atomic E-state index is -0.525. The molecule has 9 nitrogen and oxygen atoms in total. The number of ether oxygens (including phenoxy) is 4. The maximum absolute atomic E-state index is 15.2. The zero-order chi connectivity index (χ0) is 29.4. The number of nitrogens with one attached hydrogen (secondary N) is 1. The third kappa shape index (κ3) is 6.99. The number of aromatic nitrogens is 3. The molecule has 1 fully saturated rings. The van der Waals surface area contributed by atoms with Crippen molar-refractivity contribution in [3.63, 3.8) is 0 Å². The van der Waals surface area contributed by atoms with Crippen LogP contribution in [0.15, 0.2) is 85.1 Å². The van der Waals surface area contributed by atoms with Crippen molar-refractivity contribution in [2.24, 2.45) is 0 Å². The summed E-state index contributed by atoms with van der Waals surface area (Å²) in [6, 6.07) is 23.3. The van der Waals surface area contributed by atoms with Gasteiger partial charge in [-0.05, 0) is 61.0 Å². The van der Waals surface area contributed by atoms with Gasteiger partial charge in [-0.25, -0.2) is 4.39 Å². The lowest BCUT2D eigenvalue weighted by Gasteiger charge is -2.26. The van der Waals surface area contributed by atoms with E-state index in [-0.39, 0.29) is 5.75 Å². The van der Waals surface area contributed by atoms with Gasteiger partial charge in [-0.15, -0.1) is 10.2 Å². The number of anilines is 2. The monoisotopic (exact) mass is 581 g/mol. The van der Waals surface area contributed by atoms with Crippen LogP contribution in [0.2, 0.25) is 0 Å². The smallest absolute Gasteiger partial charge is 0.166 e. The van der Waals surface area contributed by atoms with Crippen LogP contribution in [-0.2, 0) is 4.74 Å². The van der Waals surface area contributed by atoms with Gasteiger partial charge in [-0.1, -0.05) is 18.2 Å². The molecule has 43 heavy (non-hydrogen) atoms. The van der Waals surface area contributed by atoms with Crippen molar-refractivity contribution in [1.82, 2.24) is 20.1 Å². The van der Waals surface area contributed by atoms with Crippen LogP contribution >= 0.6 is 0 Å². The first-order chi connectivity index (χ1) is 21.2. The second-order valence-electron chi connectivity index (χ2n) is 10.0. The molecule has 0 spiro atoms. The SMILES string of the molecule is COc1cc2c(Oc3ccc(-c4ccc(Nc5ccccc5)nn4)cc3F)ccnc2cc1OCCCN1CCOCC1. The third-order valence-electron chi connectivity index (χ3n) is 7.13. The Morgan fingerprint density at radius 2 is 1.74 bits per heavy atom. The van der Waals surface area contributed by atoms with Gasteiger partial charge in [0, 0.05) is 48.5 Å². The average molecular weight is 582 g/mol. The Morgan fingerprint density at radius 3 is 2.51 bits per heavy atom. The molecule has 2 aromatic heterocycles. The number of halogens is 1. The summed E-state index contributed by atoms with van der Waals surface area (Å²) < 4.78 is 38.4. The molecule has 1 aliphatic heterocycles. The summed E-state index contributed by atoms with van der Waals surface area (Å²) in [4.78, 5) is 6.85. The van der Waals surface area contributed by atoms with E-state index in [1.54, 1.807) is 43.6 Å². The molecule has 0 aliphatic carbocycles. The van der Waals surface area contributed by atoms with Gasteiger partial charge in [0.2, 0.25) is 0 Å². The van der Waals surface area contributed by atoms with Gasteiger partial charge in [0.05, 0.1) is 38.1 Å². The number of fused-ring (bicyclic) bond motifs is 1. The van der Waals surface area contributed by atoms with Crippen LogP contribution in [0.4, 0.5) is 15.9 Å². The van der Waals surface area contributed by atoms with Crippen LogP contribution in [0.5, 0.6) is 23.0 Å². The van der Waals surface area contributed by atoms with Gasteiger partial charge in [-0.3, -0.25) is 9.88 Å². The van der Waals surface area contributed by atoms with Crippen LogP contribution in [-0.4, -0.2) is 66.6 Å². The highest BCUT2D eigenvalue weighted by Crippen LogP contribution is 2.38. The largest absolute Gasteiger partial charge is 0.493 e. The minimum absolute atomic E-state index is 0.0778. The molecular weight excluding hydrogens is 549 g/mol. The van der Waals surface area contributed by atoms with E-state index < -0.39 is 5.82 Å². The van der Waals surface area contributed by atoms with Gasteiger partial charge in [-0.2, -0.15) is 0 Å². The zero-order valence-corrected chi connectivity index (χ0v) is 23.8. The van der Waals surface area contributed by atoms with Gasteiger partial charge >= 0.3 is 0 Å². The first-order valence-corrected chi connectivity index (χ1v) is 14.2. The molecule has 0 unspecified atom stereocenters. The summed E-state index contributed by atoms with van der Waals surface area (Å²) in [6.07, 6.45) is 2.51. The van der Waals surface area contributed by atoms with Gasteiger partial charge < -0.3 is 24.3 Å². The molecule has 1 saturated heterocycles. The number of hydrogen-bond acceptors (Lipinski definition) is 9. The molecule has 0 bridgehead atoms. The molecule has 0 radical (unpaired) electrons. The molecule has 5 aromatic rings. The van der Waals surface area contributed by atoms with Crippen LogP contribution < -0.4 is 19.5 Å². The van der Waals surface area contributed by atoms with E-state index in [4.69, 9.17) is 18.9 Å². The van der Waals surface area contributed by atoms with Crippen LogP contribution in [0.1, 0.15) is 6.42 Å². The topological polar surface area (TPSA) is 90.9 Å². The summed E-state index contributed by atoms with van der Waals surface area (Å²) in [5, 5.41) is 12.3. The fourth-order valence-corrected chi connectivity index (χ4v) is 4.87. The highest BCUT2D eigenvalue weighted by Gasteiger charge is 2.15. The highest BCUT2D eigenvalue weighted by molar-refractivity contribution is 5.88. The van der Waals surface area contributed by atoms with Crippen molar-refractivity contribution in [2.45, 2.75) is 6.42 Å². The number of para-hydroxylation sites is 1. The quantitative estimate of drug-likeness (QED) is 0.176. The van der Waals surface area contributed by atoms with E-state index >= 15 is 4.39 Å². The fourth-order valence-electron chi connectivity index (χ4n) is 4.87. The maximum Gasteiger partial charge on any atom is 0.166 e. The van der Waals surface area contributed by atoms with Crippen LogP contribution in [0.25, 0.3) is 22.2 Å². The van der Waals surface area contributed by atoms with Crippen molar-refractivity contribution >= 4 is 22.4 Å². The van der Waals surface area contributed by atoms with E-state index in [1.165, 1.54) is 6.07 Å². The van der Waals surface area contributed by atoms with Crippen molar-refractivity contribution in [1.29, 1.82) is 0 Å². The van der Waals surface area contributed by atoms with E-state index in [9.17, 15) is 0 Å². The number of rotatable bonds is 11. The Balaban J connectivity index is 1.14. The van der Waals surface area contributed by atoms with Gasteiger partial charge in [0.1, 0.15) is 5.75 Å². The molecule has 220 valence electrons. The third-order valence-corrected chi connectivity index (χ3v) is 7.13. The molecule has 3 heterocycles. The Bertz CT molecular complexity index is 1660. The lowest BCUT2D eigenvalue weighted by atomic mass is 10.1. The fraction of sp³-hybridized carbons (Fsp3) is 0.242. The number of methoxy groups -OCH3 is 1. The van der Waals surface area contributed by atoms with Crippen molar-refractivity contribution in [3.05, 3.63) is 90.9 Å². The summed E-state index contributed by atoms with van der Waals surface area (Å²) in [5.41, 5.74) is 2.68. The number of nitrogens with zero attached hydrogens (tertiary/aromatic N) is 4. The van der Waals surface area contributed by atoms with Crippen LogP contribution in [0.3, 0.4) is 0 Å². The number of benzene rings is 3. The Morgan fingerprint density at radius 1 is 0.884 bits per heavy atom. The van der Waals surface area contributed by atoms with Crippen molar-refractivity contribution in [2.75, 3.05) is 51.9 Å². The van der Waals surface area contributed by atoms with Crippen molar-refractivity contribution in [3.8, 4) is 34.3 Å². The number of hydrogen-bond donors (Lipinski definition) is 1. The molecule has 1 aliphatic rings. The van der Waals surface area contributed by atoms with Crippen molar-refractivity contribution < 1.29 is 23.3 Å². The summed E-state index contributed by atoms with van der Waals surface area (Å²) in [5.74, 6) is 1.75. The second-order valence-corrected chi connectivity index (χ2v) is 10.0. The van der Waals surface area contributed by atoms with Gasteiger partial charge in [0.15, 0.2) is 28.9 Å². The van der Waals surface area contributed by atoms with E-state index in [1.807, 2.05) is 42.5 Å². The average Bonchev–Trinajstić information content (AvgIpc) is 3.05. The molecule has 3 aromatic carbocycles. The second kappa shape index (κ2) is 13.5. The zero-order valence-electron chi connectivity index (χ0n) is 23.8. The molecule has 1 N–H and O–H groups in total. The Hall–Kier alpha value is -4.80. The minimum Gasteiger partial charge on any atom is -0.493 e. The molecular formula is C33H32FN5O4. The number of morpholine rings is 1. The first-order valence-electron chi connectivity index (χ1n) is 14.2. The van der Waals surface area contributed by atoms with E-state index in [0.717, 1.165) is 45.0 Å².